The van der Waals surface area contributed by atoms with Crippen molar-refractivity contribution in [2.45, 2.75) is 85.1 Å². The maximum Gasteiger partial charge on any atom is 0.0126 e. The van der Waals surface area contributed by atoms with Gasteiger partial charge in [-0.15, -0.1) is 0 Å². The minimum atomic E-state index is 0.624. The van der Waals surface area contributed by atoms with Gasteiger partial charge in [0, 0.05) is 6.04 Å². The van der Waals surface area contributed by atoms with Crippen LogP contribution >= 0.6 is 0 Å². The van der Waals surface area contributed by atoms with E-state index in [1.165, 1.54) is 57.9 Å². The molecule has 1 aliphatic rings. The highest BCUT2D eigenvalue weighted by Gasteiger charge is 2.39. The van der Waals surface area contributed by atoms with E-state index in [0.29, 0.717) is 5.41 Å². The predicted octanol–water partition coefficient (Wildman–Crippen LogP) is 4.76. The van der Waals surface area contributed by atoms with Gasteiger partial charge in [-0.1, -0.05) is 47.0 Å². The van der Waals surface area contributed by atoms with Crippen LogP contribution in [0.3, 0.4) is 0 Å². The lowest BCUT2D eigenvalue weighted by molar-refractivity contribution is 0.160. The first-order chi connectivity index (χ1) is 8.18. The van der Waals surface area contributed by atoms with Crippen molar-refractivity contribution in [3.63, 3.8) is 0 Å². The Labute approximate surface area is 109 Å². The summed E-state index contributed by atoms with van der Waals surface area (Å²) >= 11 is 0. The van der Waals surface area contributed by atoms with Crippen molar-refractivity contribution in [1.82, 2.24) is 5.32 Å². The third-order valence-corrected chi connectivity index (χ3v) is 5.02. The summed E-state index contributed by atoms with van der Waals surface area (Å²) in [6.45, 7) is 10.6. The molecule has 17 heavy (non-hydrogen) atoms. The molecule has 1 N–H and O–H groups in total. The predicted molar refractivity (Wildman–Crippen MR) is 77.3 cm³/mol. The fourth-order valence-corrected chi connectivity index (χ4v) is 3.46. The smallest absolute Gasteiger partial charge is 0.0126 e. The fraction of sp³-hybridized carbons (Fsp3) is 1.00. The maximum atomic E-state index is 3.87. The summed E-state index contributed by atoms with van der Waals surface area (Å²) in [7, 11) is 0. The standard InChI is InChI=1S/C16H33N/c1-5-12-17-15(13-14(4)6-2)16(7-3)10-8-9-11-16/h14-15,17H,5-13H2,1-4H3. The van der Waals surface area contributed by atoms with E-state index < -0.39 is 0 Å². The molecule has 1 fully saturated rings. The average molecular weight is 239 g/mol. The minimum Gasteiger partial charge on any atom is -0.313 e. The van der Waals surface area contributed by atoms with E-state index in [1.807, 2.05) is 0 Å². The highest BCUT2D eigenvalue weighted by molar-refractivity contribution is 4.94. The summed E-state index contributed by atoms with van der Waals surface area (Å²) in [4.78, 5) is 0. The zero-order valence-electron chi connectivity index (χ0n) is 12.5. The molecule has 2 unspecified atom stereocenters. The summed E-state index contributed by atoms with van der Waals surface area (Å²) in [6, 6.07) is 0.768. The molecule has 0 radical (unpaired) electrons. The van der Waals surface area contributed by atoms with E-state index in [1.54, 1.807) is 0 Å². The molecule has 2 atom stereocenters. The molecule has 0 spiro atoms. The maximum absolute atomic E-state index is 3.87. The Hall–Kier alpha value is -0.0400. The van der Waals surface area contributed by atoms with Gasteiger partial charge in [-0.05, 0) is 50.0 Å². The van der Waals surface area contributed by atoms with E-state index in [9.17, 15) is 0 Å². The third kappa shape index (κ3) is 3.98. The molecule has 0 aliphatic heterocycles. The lowest BCUT2D eigenvalue weighted by Gasteiger charge is -2.39. The van der Waals surface area contributed by atoms with Gasteiger partial charge in [0.25, 0.3) is 0 Å². The molecule has 0 aromatic carbocycles. The van der Waals surface area contributed by atoms with Crippen LogP contribution < -0.4 is 5.32 Å². The van der Waals surface area contributed by atoms with Gasteiger partial charge >= 0.3 is 0 Å². The van der Waals surface area contributed by atoms with Crippen LogP contribution in [0.15, 0.2) is 0 Å². The zero-order valence-corrected chi connectivity index (χ0v) is 12.5. The van der Waals surface area contributed by atoms with Gasteiger partial charge in [0.15, 0.2) is 0 Å². The van der Waals surface area contributed by atoms with E-state index in [0.717, 1.165) is 12.0 Å². The minimum absolute atomic E-state index is 0.624. The van der Waals surface area contributed by atoms with Gasteiger partial charge in [-0.2, -0.15) is 0 Å². The van der Waals surface area contributed by atoms with Crippen molar-refractivity contribution in [2.75, 3.05) is 6.54 Å². The van der Waals surface area contributed by atoms with Crippen molar-refractivity contribution in [2.24, 2.45) is 11.3 Å². The molecule has 1 rings (SSSR count). The summed E-state index contributed by atoms with van der Waals surface area (Å²) < 4.78 is 0. The van der Waals surface area contributed by atoms with Crippen LogP contribution in [0, 0.1) is 11.3 Å². The van der Waals surface area contributed by atoms with Gasteiger partial charge in [0.1, 0.15) is 0 Å². The lowest BCUT2D eigenvalue weighted by atomic mass is 9.73. The van der Waals surface area contributed by atoms with E-state index >= 15 is 0 Å². The normalized spacial score (nSPS) is 22.6. The Bertz CT molecular complexity index is 194. The first kappa shape index (κ1) is 15.0. The molecular formula is C16H33N. The van der Waals surface area contributed by atoms with Gasteiger partial charge < -0.3 is 5.32 Å². The highest BCUT2D eigenvalue weighted by Crippen LogP contribution is 2.45. The van der Waals surface area contributed by atoms with E-state index in [2.05, 4.69) is 33.0 Å². The molecule has 0 bridgehead atoms. The first-order valence-electron chi connectivity index (χ1n) is 7.91. The Morgan fingerprint density at radius 3 is 2.24 bits per heavy atom. The Morgan fingerprint density at radius 2 is 1.76 bits per heavy atom. The lowest BCUT2D eigenvalue weighted by Crippen LogP contribution is -2.45. The fourth-order valence-electron chi connectivity index (χ4n) is 3.46. The van der Waals surface area contributed by atoms with Gasteiger partial charge in [-0.3, -0.25) is 0 Å². The van der Waals surface area contributed by atoms with Crippen LogP contribution in [0.1, 0.15) is 79.1 Å². The molecule has 1 saturated carbocycles. The quantitative estimate of drug-likeness (QED) is 0.644. The third-order valence-electron chi connectivity index (χ3n) is 5.02. The first-order valence-corrected chi connectivity index (χ1v) is 7.91. The average Bonchev–Trinajstić information content (AvgIpc) is 2.83. The SMILES string of the molecule is CCCNC(CC(C)CC)C1(CC)CCCC1. The van der Waals surface area contributed by atoms with Gasteiger partial charge in [0.2, 0.25) is 0 Å². The van der Waals surface area contributed by atoms with Crippen LogP contribution in [-0.4, -0.2) is 12.6 Å². The molecule has 1 heteroatoms. The van der Waals surface area contributed by atoms with Crippen LogP contribution in [0.5, 0.6) is 0 Å². The summed E-state index contributed by atoms with van der Waals surface area (Å²) in [5.74, 6) is 0.869. The largest absolute Gasteiger partial charge is 0.313 e. The van der Waals surface area contributed by atoms with Crippen molar-refractivity contribution in [1.29, 1.82) is 0 Å². The Balaban J connectivity index is 2.65. The zero-order chi connectivity index (χ0) is 12.7. The van der Waals surface area contributed by atoms with Crippen LogP contribution in [0.2, 0.25) is 0 Å². The summed E-state index contributed by atoms with van der Waals surface area (Å²) in [5, 5.41) is 3.87. The highest BCUT2D eigenvalue weighted by atomic mass is 14.9. The van der Waals surface area contributed by atoms with Crippen LogP contribution in [-0.2, 0) is 0 Å². The second-order valence-corrected chi connectivity index (χ2v) is 6.18. The topological polar surface area (TPSA) is 12.0 Å². The molecule has 1 aliphatic carbocycles. The molecule has 1 nitrogen and oxygen atoms in total. The molecule has 0 saturated heterocycles. The molecule has 0 aromatic heterocycles. The van der Waals surface area contributed by atoms with Crippen molar-refractivity contribution < 1.29 is 0 Å². The van der Waals surface area contributed by atoms with Crippen LogP contribution in [0.4, 0.5) is 0 Å². The van der Waals surface area contributed by atoms with Crippen molar-refractivity contribution in [3.05, 3.63) is 0 Å². The summed E-state index contributed by atoms with van der Waals surface area (Å²) in [6.07, 6.45) is 11.2. The molecule has 102 valence electrons. The molecule has 0 aromatic rings. The molecule has 0 amide bonds. The van der Waals surface area contributed by atoms with Gasteiger partial charge in [0.05, 0.1) is 0 Å². The van der Waals surface area contributed by atoms with Gasteiger partial charge in [-0.25, -0.2) is 0 Å². The van der Waals surface area contributed by atoms with E-state index in [4.69, 9.17) is 0 Å². The van der Waals surface area contributed by atoms with Crippen molar-refractivity contribution >= 4 is 0 Å². The van der Waals surface area contributed by atoms with Crippen molar-refractivity contribution in [3.8, 4) is 0 Å². The number of hydrogen-bond acceptors (Lipinski definition) is 1. The number of nitrogens with one attached hydrogen (secondary N) is 1. The Kier molecular flexibility index (Phi) is 6.54. The van der Waals surface area contributed by atoms with Crippen LogP contribution in [0.25, 0.3) is 0 Å². The van der Waals surface area contributed by atoms with E-state index in [-0.39, 0.29) is 0 Å². The second kappa shape index (κ2) is 7.41. The second-order valence-electron chi connectivity index (χ2n) is 6.18. The molecular weight excluding hydrogens is 206 g/mol. The summed E-state index contributed by atoms with van der Waals surface area (Å²) in [5.41, 5.74) is 0.624. The molecule has 0 heterocycles. The Morgan fingerprint density at radius 1 is 1.12 bits per heavy atom. The monoisotopic (exact) mass is 239 g/mol. The number of rotatable bonds is 8. The number of hydrogen-bond donors (Lipinski definition) is 1.